The minimum absolute atomic E-state index is 0.0619. The van der Waals surface area contributed by atoms with Crippen molar-refractivity contribution in [3.63, 3.8) is 0 Å². The molecular weight excluding hydrogens is 360 g/mol. The van der Waals surface area contributed by atoms with Crippen LogP contribution in [0.2, 0.25) is 0 Å². The maximum atomic E-state index is 12.4. The molecule has 0 spiro atoms. The van der Waals surface area contributed by atoms with E-state index in [0.717, 1.165) is 5.56 Å². The molecule has 0 saturated carbocycles. The highest BCUT2D eigenvalue weighted by molar-refractivity contribution is 5.56. The third kappa shape index (κ3) is 3.86. The first-order valence-electron chi connectivity index (χ1n) is 8.73. The fraction of sp³-hybridized carbons (Fsp3) is 0.150. The van der Waals surface area contributed by atoms with Crippen LogP contribution in [-0.2, 0) is 6.61 Å². The summed E-state index contributed by atoms with van der Waals surface area (Å²) in [4.78, 5) is 21.2. The Morgan fingerprint density at radius 3 is 2.54 bits per heavy atom. The first-order chi connectivity index (χ1) is 13.7. The Bertz CT molecular complexity index is 1140. The number of H-pyrrole nitrogens is 1. The number of rotatable bonds is 7. The van der Waals surface area contributed by atoms with Crippen molar-refractivity contribution >= 4 is 5.78 Å². The van der Waals surface area contributed by atoms with E-state index >= 15 is 0 Å². The second-order valence-corrected chi connectivity index (χ2v) is 5.99. The Hall–Kier alpha value is -3.65. The first kappa shape index (κ1) is 17.7. The molecular formula is C20H18N4O4. The number of aromatic amines is 1. The first-order valence-corrected chi connectivity index (χ1v) is 8.73. The summed E-state index contributed by atoms with van der Waals surface area (Å²) in [5.74, 6) is 2.02. The van der Waals surface area contributed by atoms with E-state index in [2.05, 4.69) is 15.1 Å². The maximum Gasteiger partial charge on any atom is 0.274 e. The van der Waals surface area contributed by atoms with Gasteiger partial charge < -0.3 is 14.6 Å². The molecule has 4 rings (SSSR count). The second kappa shape index (κ2) is 7.93. The fourth-order valence-electron chi connectivity index (χ4n) is 2.70. The second-order valence-electron chi connectivity index (χ2n) is 5.99. The molecule has 0 saturated heterocycles. The van der Waals surface area contributed by atoms with Crippen molar-refractivity contribution in [3.05, 3.63) is 76.7 Å². The molecule has 142 valence electrons. The Morgan fingerprint density at radius 2 is 1.75 bits per heavy atom. The average molecular weight is 378 g/mol. The smallest absolute Gasteiger partial charge is 0.274 e. The number of aromatic nitrogens is 4. The van der Waals surface area contributed by atoms with Crippen LogP contribution in [0.3, 0.4) is 0 Å². The molecule has 8 nitrogen and oxygen atoms in total. The molecule has 2 N–H and O–H groups in total. The summed E-state index contributed by atoms with van der Waals surface area (Å²) < 4.78 is 12.4. The molecule has 2 aromatic heterocycles. The summed E-state index contributed by atoms with van der Waals surface area (Å²) in [5.41, 5.74) is 1.07. The molecule has 0 aliphatic carbocycles. The highest BCUT2D eigenvalue weighted by Crippen LogP contribution is 2.20. The molecule has 0 radical (unpaired) electrons. The van der Waals surface area contributed by atoms with E-state index in [1.807, 2.05) is 30.3 Å². The lowest BCUT2D eigenvalue weighted by atomic mass is 10.2. The van der Waals surface area contributed by atoms with Crippen molar-refractivity contribution in [1.29, 1.82) is 0 Å². The van der Waals surface area contributed by atoms with Crippen molar-refractivity contribution < 1.29 is 14.6 Å². The maximum absolute atomic E-state index is 12.4. The minimum Gasteiger partial charge on any atom is -0.491 e. The van der Waals surface area contributed by atoms with Gasteiger partial charge in [0.1, 0.15) is 24.7 Å². The van der Waals surface area contributed by atoms with Gasteiger partial charge in [-0.2, -0.15) is 9.50 Å². The van der Waals surface area contributed by atoms with Crippen molar-refractivity contribution in [2.24, 2.45) is 0 Å². The lowest BCUT2D eigenvalue weighted by Gasteiger charge is -2.08. The number of fused-ring (bicyclic) bond motifs is 1. The van der Waals surface area contributed by atoms with Gasteiger partial charge in [-0.15, -0.1) is 0 Å². The minimum atomic E-state index is -0.265. The van der Waals surface area contributed by atoms with E-state index in [0.29, 0.717) is 23.0 Å². The van der Waals surface area contributed by atoms with Crippen LogP contribution in [0.4, 0.5) is 0 Å². The van der Waals surface area contributed by atoms with E-state index in [-0.39, 0.29) is 31.2 Å². The molecule has 0 unspecified atom stereocenters. The zero-order valence-electron chi connectivity index (χ0n) is 14.9. The monoisotopic (exact) mass is 378 g/mol. The number of nitrogens with one attached hydrogen (secondary N) is 1. The zero-order valence-corrected chi connectivity index (χ0v) is 14.9. The Morgan fingerprint density at radius 1 is 0.964 bits per heavy atom. The number of aliphatic hydroxyl groups excluding tert-OH is 1. The summed E-state index contributed by atoms with van der Waals surface area (Å²) in [6.07, 6.45) is 0. The molecule has 0 aliphatic heterocycles. The lowest BCUT2D eigenvalue weighted by molar-refractivity contribution is 0.200. The Kier molecular flexibility index (Phi) is 5.03. The average Bonchev–Trinajstić information content (AvgIpc) is 3.17. The lowest BCUT2D eigenvalue weighted by Crippen LogP contribution is -2.16. The zero-order chi connectivity index (χ0) is 19.3. The van der Waals surface area contributed by atoms with Crippen LogP contribution in [-0.4, -0.2) is 37.9 Å². The van der Waals surface area contributed by atoms with Crippen molar-refractivity contribution in [1.82, 2.24) is 19.6 Å². The van der Waals surface area contributed by atoms with Gasteiger partial charge in [-0.3, -0.25) is 9.89 Å². The molecule has 0 amide bonds. The Balaban J connectivity index is 1.54. The number of hydrogen-bond donors (Lipinski definition) is 2. The summed E-state index contributed by atoms with van der Waals surface area (Å²) in [7, 11) is 0. The van der Waals surface area contributed by atoms with E-state index in [4.69, 9.17) is 14.6 Å². The van der Waals surface area contributed by atoms with E-state index < -0.39 is 0 Å². The SMILES string of the molecule is O=c1cc(COc2cccc(OCCO)c2)nc2nc(-c3ccccc3)[nH]n12. The van der Waals surface area contributed by atoms with Gasteiger partial charge in [-0.05, 0) is 12.1 Å². The quantitative estimate of drug-likeness (QED) is 0.510. The van der Waals surface area contributed by atoms with E-state index in [1.165, 1.54) is 10.6 Å². The highest BCUT2D eigenvalue weighted by atomic mass is 16.5. The molecule has 4 aromatic rings. The summed E-state index contributed by atoms with van der Waals surface area (Å²) in [6, 6.07) is 18.0. The molecule has 2 heterocycles. The predicted molar refractivity (Wildman–Crippen MR) is 102 cm³/mol. The van der Waals surface area contributed by atoms with Crippen LogP contribution >= 0.6 is 0 Å². The van der Waals surface area contributed by atoms with Gasteiger partial charge in [-0.1, -0.05) is 36.4 Å². The Labute approximate surface area is 160 Å². The molecule has 0 atom stereocenters. The van der Waals surface area contributed by atoms with Gasteiger partial charge in [0.15, 0.2) is 5.82 Å². The predicted octanol–water partition coefficient (Wildman–Crippen LogP) is 2.03. The number of ether oxygens (including phenoxy) is 2. The highest BCUT2D eigenvalue weighted by Gasteiger charge is 2.10. The van der Waals surface area contributed by atoms with Crippen molar-refractivity contribution in [3.8, 4) is 22.9 Å². The summed E-state index contributed by atoms with van der Waals surface area (Å²) in [5, 5.41) is 11.8. The van der Waals surface area contributed by atoms with Crippen LogP contribution in [0.1, 0.15) is 5.69 Å². The van der Waals surface area contributed by atoms with E-state index in [9.17, 15) is 4.79 Å². The van der Waals surface area contributed by atoms with Gasteiger partial charge in [0.05, 0.1) is 12.3 Å². The van der Waals surface area contributed by atoms with Gasteiger partial charge >= 0.3 is 0 Å². The number of hydrogen-bond acceptors (Lipinski definition) is 6. The van der Waals surface area contributed by atoms with Crippen LogP contribution in [0.15, 0.2) is 65.5 Å². The van der Waals surface area contributed by atoms with Crippen LogP contribution in [0.5, 0.6) is 11.5 Å². The number of nitrogens with zero attached hydrogens (tertiary/aromatic N) is 3. The van der Waals surface area contributed by atoms with Crippen LogP contribution in [0, 0.1) is 0 Å². The van der Waals surface area contributed by atoms with Gasteiger partial charge in [-0.25, -0.2) is 4.98 Å². The van der Waals surface area contributed by atoms with Gasteiger partial charge in [0.2, 0.25) is 0 Å². The largest absolute Gasteiger partial charge is 0.491 e. The fourth-order valence-corrected chi connectivity index (χ4v) is 2.70. The topological polar surface area (TPSA) is 102 Å². The molecule has 2 aromatic carbocycles. The van der Waals surface area contributed by atoms with Crippen LogP contribution in [0.25, 0.3) is 17.2 Å². The number of benzene rings is 2. The third-order valence-corrected chi connectivity index (χ3v) is 3.98. The molecule has 0 bridgehead atoms. The van der Waals surface area contributed by atoms with Crippen molar-refractivity contribution in [2.45, 2.75) is 6.61 Å². The molecule has 28 heavy (non-hydrogen) atoms. The van der Waals surface area contributed by atoms with Gasteiger partial charge in [0.25, 0.3) is 11.3 Å². The summed E-state index contributed by atoms with van der Waals surface area (Å²) in [6.45, 7) is 0.262. The number of aliphatic hydroxyl groups is 1. The molecule has 8 heteroatoms. The standard InChI is InChI=1S/C20H18N4O4/c25-9-10-27-16-7-4-8-17(12-16)28-13-15-11-18(26)24-20(21-15)22-19(23-24)14-5-2-1-3-6-14/h1-8,11-12,25H,9-10,13H2,(H,21,22,23). The van der Waals surface area contributed by atoms with Crippen LogP contribution < -0.4 is 15.0 Å². The summed E-state index contributed by atoms with van der Waals surface area (Å²) >= 11 is 0. The van der Waals surface area contributed by atoms with E-state index in [1.54, 1.807) is 24.3 Å². The van der Waals surface area contributed by atoms with Crippen molar-refractivity contribution in [2.75, 3.05) is 13.2 Å². The molecule has 0 aliphatic rings. The van der Waals surface area contributed by atoms with Gasteiger partial charge in [0, 0.05) is 17.7 Å². The molecule has 0 fully saturated rings. The third-order valence-electron chi connectivity index (χ3n) is 3.98. The normalized spacial score (nSPS) is 10.9.